The summed E-state index contributed by atoms with van der Waals surface area (Å²) in [5.74, 6) is -0.270. The first-order chi connectivity index (χ1) is 5.79. The molecule has 0 aromatic heterocycles. The Morgan fingerprint density at radius 3 is 2.62 bits per heavy atom. The van der Waals surface area contributed by atoms with Crippen molar-refractivity contribution >= 4 is 32.2 Å². The lowest BCUT2D eigenvalue weighted by Crippen LogP contribution is -2.04. The zero-order valence-corrected chi connectivity index (χ0v) is 10.2. The van der Waals surface area contributed by atoms with Gasteiger partial charge in [0.2, 0.25) is 0 Å². The van der Waals surface area contributed by atoms with E-state index in [2.05, 4.69) is 14.0 Å². The molecule has 1 atom stereocenters. The summed E-state index contributed by atoms with van der Waals surface area (Å²) in [5, 5.41) is 0. The molecule has 13 heavy (non-hydrogen) atoms. The summed E-state index contributed by atoms with van der Waals surface area (Å²) >= 11 is 0. The lowest BCUT2D eigenvalue weighted by molar-refractivity contribution is 0.0600. The maximum atomic E-state index is 11.2. The maximum Gasteiger partial charge on any atom is 0.338 e. The van der Waals surface area contributed by atoms with Gasteiger partial charge in [-0.2, -0.15) is 0 Å². The van der Waals surface area contributed by atoms with Crippen molar-refractivity contribution in [3.05, 3.63) is 35.4 Å². The Balaban J connectivity index is 0.00000144. The number of hydrogen-bond acceptors (Lipinski definition) is 2. The van der Waals surface area contributed by atoms with Crippen LogP contribution in [-0.2, 0) is 10.9 Å². The second-order valence-corrected chi connectivity index (χ2v) is 2.76. The third-order valence-electron chi connectivity index (χ3n) is 1.64. The number of hydrogen-bond donors (Lipinski definition) is 0. The van der Waals surface area contributed by atoms with Crippen molar-refractivity contribution in [1.29, 1.82) is 0 Å². The molecule has 0 N–H and O–H groups in total. The van der Waals surface area contributed by atoms with Crippen LogP contribution < -0.4 is 0 Å². The highest BCUT2D eigenvalue weighted by Gasteiger charge is 2.08. The second kappa shape index (κ2) is 6.11. The van der Waals surface area contributed by atoms with E-state index in [4.69, 9.17) is 0 Å². The first-order valence-electron chi connectivity index (χ1n) is 3.66. The van der Waals surface area contributed by atoms with Gasteiger partial charge in [0, 0.05) is 0 Å². The largest absolute Gasteiger partial charge is 0.465 e. The second-order valence-electron chi connectivity index (χ2n) is 2.35. The molecule has 0 aliphatic rings. The Kier molecular flexibility index (Phi) is 5.93. The lowest BCUT2D eigenvalue weighted by atomic mass is 10.1. The number of rotatable bonds is 2. The normalized spacial score (nSPS) is 8.77. The van der Waals surface area contributed by atoms with E-state index < -0.39 is 0 Å². The van der Waals surface area contributed by atoms with Crippen LogP contribution in [0.5, 0.6) is 0 Å². The molecule has 72 valence electrons. The quantitative estimate of drug-likeness (QED) is 0.605. The molecule has 4 heteroatoms. The summed E-state index contributed by atoms with van der Waals surface area (Å²) in [7, 11) is 3.98. The van der Waals surface area contributed by atoms with Crippen molar-refractivity contribution in [1.82, 2.24) is 0 Å². The minimum atomic E-state index is -0.270. The summed E-state index contributed by atoms with van der Waals surface area (Å²) in [4.78, 5) is 11.2. The van der Waals surface area contributed by atoms with E-state index in [1.807, 2.05) is 18.2 Å². The van der Waals surface area contributed by atoms with Gasteiger partial charge in [0.05, 0.1) is 12.7 Å². The van der Waals surface area contributed by atoms with E-state index in [0.717, 1.165) is 11.7 Å². The smallest absolute Gasteiger partial charge is 0.338 e. The molecule has 0 saturated heterocycles. The minimum Gasteiger partial charge on any atom is -0.465 e. The molecule has 1 aromatic rings. The van der Waals surface area contributed by atoms with Crippen molar-refractivity contribution in [2.75, 3.05) is 7.11 Å². The third kappa shape index (κ3) is 3.09. The summed E-state index contributed by atoms with van der Waals surface area (Å²) in [6, 6.07) is 7.42. The van der Waals surface area contributed by atoms with E-state index in [0.29, 0.717) is 5.56 Å². The van der Waals surface area contributed by atoms with Crippen molar-refractivity contribution in [3.8, 4) is 0 Å². The van der Waals surface area contributed by atoms with Crippen LogP contribution in [0.1, 0.15) is 15.9 Å². The molecule has 1 rings (SSSR count). The predicted octanol–water partition coefficient (Wildman–Crippen LogP) is 2.43. The van der Waals surface area contributed by atoms with Crippen LogP contribution in [0.3, 0.4) is 0 Å². The Morgan fingerprint density at radius 2 is 2.08 bits per heavy atom. The molecule has 1 unspecified atom stereocenters. The van der Waals surface area contributed by atoms with Gasteiger partial charge in [-0.25, -0.2) is 4.79 Å². The third-order valence-corrected chi connectivity index (χ3v) is 2.08. The van der Waals surface area contributed by atoms with Gasteiger partial charge in [0.1, 0.15) is 0 Å². The number of halogens is 1. The minimum absolute atomic E-state index is 0. The van der Waals surface area contributed by atoms with E-state index in [-0.39, 0.29) is 23.0 Å². The van der Waals surface area contributed by atoms with Crippen LogP contribution in [0.15, 0.2) is 24.3 Å². The van der Waals surface area contributed by atoms with E-state index in [9.17, 15) is 4.79 Å². The standard InChI is InChI=1S/C9H11O2P.BrH/c1-11-9(10)8-5-3-2-4-7(8)6-12;/h2-5H,6,12H2,1H3;1H. The van der Waals surface area contributed by atoms with Gasteiger partial charge < -0.3 is 4.74 Å². The number of ether oxygens (including phenoxy) is 1. The summed E-state index contributed by atoms with van der Waals surface area (Å²) in [6.07, 6.45) is 0.769. The highest BCUT2D eigenvalue weighted by atomic mass is 79.9. The van der Waals surface area contributed by atoms with E-state index in [1.54, 1.807) is 6.07 Å². The lowest BCUT2D eigenvalue weighted by Gasteiger charge is -2.03. The Hall–Kier alpha value is -0.400. The van der Waals surface area contributed by atoms with E-state index in [1.165, 1.54) is 7.11 Å². The van der Waals surface area contributed by atoms with Crippen LogP contribution in [-0.4, -0.2) is 13.1 Å². The van der Waals surface area contributed by atoms with E-state index >= 15 is 0 Å². The molecule has 0 aliphatic carbocycles. The SMILES string of the molecule is Br.COC(=O)c1ccccc1CP. The topological polar surface area (TPSA) is 26.3 Å². The van der Waals surface area contributed by atoms with Crippen molar-refractivity contribution < 1.29 is 9.53 Å². The highest BCUT2D eigenvalue weighted by molar-refractivity contribution is 8.93. The van der Waals surface area contributed by atoms with Crippen LogP contribution in [0.25, 0.3) is 0 Å². The van der Waals surface area contributed by atoms with Gasteiger partial charge >= 0.3 is 5.97 Å². The van der Waals surface area contributed by atoms with Crippen molar-refractivity contribution in [2.45, 2.75) is 6.16 Å². The fraction of sp³-hybridized carbons (Fsp3) is 0.222. The molecule has 0 radical (unpaired) electrons. The van der Waals surface area contributed by atoms with Gasteiger partial charge in [0.25, 0.3) is 0 Å². The summed E-state index contributed by atoms with van der Waals surface area (Å²) in [5.41, 5.74) is 1.64. The van der Waals surface area contributed by atoms with Gasteiger partial charge in [-0.1, -0.05) is 18.2 Å². The molecule has 2 nitrogen and oxygen atoms in total. The Morgan fingerprint density at radius 1 is 1.46 bits per heavy atom. The summed E-state index contributed by atoms with van der Waals surface area (Å²) in [6.45, 7) is 0. The predicted molar refractivity (Wildman–Crippen MR) is 61.5 cm³/mol. The number of carbonyl (C=O) groups excluding carboxylic acids is 1. The molecule has 0 heterocycles. The van der Waals surface area contributed by atoms with Crippen molar-refractivity contribution in [3.63, 3.8) is 0 Å². The monoisotopic (exact) mass is 262 g/mol. The molecule has 0 amide bonds. The first kappa shape index (κ1) is 12.6. The summed E-state index contributed by atoms with van der Waals surface area (Å²) < 4.78 is 4.63. The molecule has 0 saturated carbocycles. The zero-order valence-electron chi connectivity index (χ0n) is 7.32. The molecular formula is C9H12BrO2P. The Bertz CT molecular complexity index is 289. The van der Waals surface area contributed by atoms with Gasteiger partial charge in [0.15, 0.2) is 0 Å². The average molecular weight is 263 g/mol. The Labute approximate surface area is 90.6 Å². The molecule has 1 aromatic carbocycles. The van der Waals surface area contributed by atoms with Crippen LogP contribution >= 0.6 is 26.2 Å². The number of carbonyl (C=O) groups is 1. The highest BCUT2D eigenvalue weighted by Crippen LogP contribution is 2.13. The van der Waals surface area contributed by atoms with Gasteiger partial charge in [-0.3, -0.25) is 0 Å². The fourth-order valence-corrected chi connectivity index (χ4v) is 1.36. The fourth-order valence-electron chi connectivity index (χ4n) is 1.01. The van der Waals surface area contributed by atoms with Gasteiger partial charge in [-0.15, -0.1) is 26.2 Å². The average Bonchev–Trinajstić information content (AvgIpc) is 2.16. The van der Waals surface area contributed by atoms with Crippen molar-refractivity contribution in [2.24, 2.45) is 0 Å². The zero-order chi connectivity index (χ0) is 8.97. The molecule has 0 fully saturated rings. The molecular weight excluding hydrogens is 251 g/mol. The van der Waals surface area contributed by atoms with Crippen LogP contribution in [0.4, 0.5) is 0 Å². The van der Waals surface area contributed by atoms with Crippen LogP contribution in [0, 0.1) is 0 Å². The van der Waals surface area contributed by atoms with Gasteiger partial charge in [-0.05, 0) is 17.8 Å². The molecule has 0 aliphatic heterocycles. The first-order valence-corrected chi connectivity index (χ1v) is 4.47. The number of benzene rings is 1. The van der Waals surface area contributed by atoms with Crippen LogP contribution in [0.2, 0.25) is 0 Å². The molecule has 0 bridgehead atoms. The number of esters is 1. The maximum absolute atomic E-state index is 11.2. The number of methoxy groups -OCH3 is 1. The molecule has 0 spiro atoms.